The molecule has 2 aliphatic carbocycles. The molecule has 0 unspecified atom stereocenters. The number of hydrogen-bond acceptors (Lipinski definition) is 4. The molecule has 0 saturated heterocycles. The van der Waals surface area contributed by atoms with Gasteiger partial charge in [0.05, 0.1) is 16.0 Å². The molecule has 1 heterocycles. The van der Waals surface area contributed by atoms with Crippen molar-refractivity contribution in [3.05, 3.63) is 51.8 Å². The molecule has 114 valence electrons. The summed E-state index contributed by atoms with van der Waals surface area (Å²) >= 11 is 8.39. The first-order valence-corrected chi connectivity index (χ1v) is 8.45. The molecule has 0 N–H and O–H groups in total. The van der Waals surface area contributed by atoms with Gasteiger partial charge in [-0.15, -0.1) is 23.4 Å². The van der Waals surface area contributed by atoms with Crippen LogP contribution in [0.1, 0.15) is 29.5 Å². The molecule has 2 bridgehead atoms. The van der Waals surface area contributed by atoms with Crippen LogP contribution < -0.4 is 0 Å². The molecule has 0 aliphatic heterocycles. The summed E-state index contributed by atoms with van der Waals surface area (Å²) < 4.78 is 1.87. The fourth-order valence-electron chi connectivity index (χ4n) is 3.60. The van der Waals surface area contributed by atoms with Crippen molar-refractivity contribution in [3.63, 3.8) is 0 Å². The minimum absolute atomic E-state index is 0.0851. The van der Waals surface area contributed by atoms with Crippen LogP contribution in [-0.2, 0) is 7.05 Å². The number of nitro groups is 1. The summed E-state index contributed by atoms with van der Waals surface area (Å²) in [7, 11) is 1.94. The maximum absolute atomic E-state index is 10.7. The second-order valence-electron chi connectivity index (χ2n) is 5.87. The molecule has 0 amide bonds. The lowest BCUT2D eigenvalue weighted by atomic mass is 9.97. The van der Waals surface area contributed by atoms with E-state index >= 15 is 0 Å². The van der Waals surface area contributed by atoms with Gasteiger partial charge in [0, 0.05) is 47.4 Å². The number of benzene rings is 1. The molecule has 1 aromatic heterocycles. The highest BCUT2D eigenvalue weighted by Crippen LogP contribution is 2.59. The Morgan fingerprint density at radius 2 is 2.09 bits per heavy atom. The summed E-state index contributed by atoms with van der Waals surface area (Å²) in [6.45, 7) is 0. The summed E-state index contributed by atoms with van der Waals surface area (Å²) in [5.41, 5.74) is 2.60. The standard InChI is InChI=1S/C15H14ClN3O2S/c1-18-7-12-10-6-11(14(12)17-18)15(13(10)16)22-9-4-2-8(3-5-9)19(20)21/h2-5,7,10-11,13,15H,6H2,1H3/t10-,11+,13+,15+/m0/s1. The van der Waals surface area contributed by atoms with Gasteiger partial charge < -0.3 is 0 Å². The van der Waals surface area contributed by atoms with E-state index in [-0.39, 0.29) is 21.2 Å². The Kier molecular flexibility index (Phi) is 3.20. The van der Waals surface area contributed by atoms with Crippen LogP contribution in [0.5, 0.6) is 0 Å². The maximum atomic E-state index is 10.7. The minimum atomic E-state index is -0.378. The monoisotopic (exact) mass is 335 g/mol. The third kappa shape index (κ3) is 2.05. The normalized spacial score (nSPS) is 28.8. The van der Waals surface area contributed by atoms with E-state index in [1.165, 1.54) is 11.3 Å². The number of non-ortho nitro benzene ring substituents is 1. The van der Waals surface area contributed by atoms with Crippen molar-refractivity contribution in [2.24, 2.45) is 7.05 Å². The zero-order valence-corrected chi connectivity index (χ0v) is 13.4. The van der Waals surface area contributed by atoms with Crippen molar-refractivity contribution >= 4 is 29.1 Å². The number of nitro benzene ring substituents is 1. The molecule has 7 heteroatoms. The van der Waals surface area contributed by atoms with Crippen LogP contribution in [0.3, 0.4) is 0 Å². The number of halogens is 1. The summed E-state index contributed by atoms with van der Waals surface area (Å²) in [6, 6.07) is 6.70. The summed E-state index contributed by atoms with van der Waals surface area (Å²) in [4.78, 5) is 11.4. The lowest BCUT2D eigenvalue weighted by Crippen LogP contribution is -2.24. The van der Waals surface area contributed by atoms with Gasteiger partial charge in [-0.2, -0.15) is 5.10 Å². The van der Waals surface area contributed by atoms with Crippen LogP contribution in [0.4, 0.5) is 5.69 Å². The molecule has 4 rings (SSSR count). The fraction of sp³-hybridized carbons (Fsp3) is 0.400. The minimum Gasteiger partial charge on any atom is -0.275 e. The zero-order valence-electron chi connectivity index (χ0n) is 11.8. The largest absolute Gasteiger partial charge is 0.275 e. The van der Waals surface area contributed by atoms with Crippen LogP contribution in [-0.4, -0.2) is 25.3 Å². The molecule has 1 fully saturated rings. The first-order valence-electron chi connectivity index (χ1n) is 7.13. The van der Waals surface area contributed by atoms with Gasteiger partial charge in [0.1, 0.15) is 0 Å². The quantitative estimate of drug-likeness (QED) is 0.487. The van der Waals surface area contributed by atoms with E-state index in [0.29, 0.717) is 11.8 Å². The third-order valence-corrected chi connectivity index (χ3v) is 6.72. The SMILES string of the molecule is Cn1cc2c(n1)[C@H]1C[C@@H]2[C@@H](Cl)[C@@H]1Sc1ccc([N+](=O)[O-])cc1. The van der Waals surface area contributed by atoms with Crippen LogP contribution in [0, 0.1) is 10.1 Å². The summed E-state index contributed by atoms with van der Waals surface area (Å²) in [5.74, 6) is 0.759. The summed E-state index contributed by atoms with van der Waals surface area (Å²) in [5, 5.41) is 15.7. The van der Waals surface area contributed by atoms with E-state index in [1.807, 2.05) is 11.7 Å². The number of aromatic nitrogens is 2. The molecule has 1 aromatic carbocycles. The Bertz CT molecular complexity index is 746. The number of fused-ring (bicyclic) bond motifs is 5. The predicted molar refractivity (Wildman–Crippen MR) is 85.7 cm³/mol. The Hall–Kier alpha value is -1.53. The van der Waals surface area contributed by atoms with Gasteiger partial charge in [0.2, 0.25) is 0 Å². The lowest BCUT2D eigenvalue weighted by Gasteiger charge is -2.25. The highest BCUT2D eigenvalue weighted by Gasteiger charge is 2.52. The number of nitrogens with zero attached hydrogens (tertiary/aromatic N) is 3. The lowest BCUT2D eigenvalue weighted by molar-refractivity contribution is -0.384. The highest BCUT2D eigenvalue weighted by molar-refractivity contribution is 8.00. The number of thioether (sulfide) groups is 1. The predicted octanol–water partition coefficient (Wildman–Crippen LogP) is 3.68. The first-order chi connectivity index (χ1) is 10.5. The second kappa shape index (κ2) is 4.99. The average molecular weight is 336 g/mol. The fourth-order valence-corrected chi connectivity index (χ4v) is 5.50. The van der Waals surface area contributed by atoms with E-state index in [1.54, 1.807) is 36.0 Å². The third-order valence-electron chi connectivity index (χ3n) is 4.56. The van der Waals surface area contributed by atoms with Crippen molar-refractivity contribution in [1.82, 2.24) is 9.78 Å². The topological polar surface area (TPSA) is 61.0 Å². The van der Waals surface area contributed by atoms with E-state index in [4.69, 9.17) is 11.6 Å². The van der Waals surface area contributed by atoms with E-state index < -0.39 is 0 Å². The van der Waals surface area contributed by atoms with Crippen LogP contribution in [0.2, 0.25) is 0 Å². The van der Waals surface area contributed by atoms with Crippen molar-refractivity contribution in [3.8, 4) is 0 Å². The molecule has 2 aliphatic rings. The Morgan fingerprint density at radius 1 is 1.36 bits per heavy atom. The van der Waals surface area contributed by atoms with Gasteiger partial charge >= 0.3 is 0 Å². The van der Waals surface area contributed by atoms with Crippen molar-refractivity contribution in [2.75, 3.05) is 0 Å². The zero-order chi connectivity index (χ0) is 15.4. The molecule has 4 atom stereocenters. The molecule has 0 spiro atoms. The van der Waals surface area contributed by atoms with Gasteiger partial charge in [-0.05, 0) is 24.1 Å². The maximum Gasteiger partial charge on any atom is 0.269 e. The number of aryl methyl sites for hydroxylation is 1. The molecule has 5 nitrogen and oxygen atoms in total. The molecule has 0 radical (unpaired) electrons. The van der Waals surface area contributed by atoms with Crippen LogP contribution >= 0.6 is 23.4 Å². The number of hydrogen-bond donors (Lipinski definition) is 0. The van der Waals surface area contributed by atoms with Crippen molar-refractivity contribution in [2.45, 2.75) is 33.8 Å². The average Bonchev–Trinajstić information content (AvgIpc) is 3.11. The van der Waals surface area contributed by atoms with Gasteiger partial charge in [-0.3, -0.25) is 14.8 Å². The van der Waals surface area contributed by atoms with Crippen molar-refractivity contribution in [1.29, 1.82) is 0 Å². The van der Waals surface area contributed by atoms with Crippen LogP contribution in [0.15, 0.2) is 35.4 Å². The van der Waals surface area contributed by atoms with E-state index in [0.717, 1.165) is 11.3 Å². The first kappa shape index (κ1) is 14.1. The Labute approximate surface area is 136 Å². The smallest absolute Gasteiger partial charge is 0.269 e. The Morgan fingerprint density at radius 3 is 2.77 bits per heavy atom. The van der Waals surface area contributed by atoms with Crippen LogP contribution in [0.25, 0.3) is 0 Å². The van der Waals surface area contributed by atoms with E-state index in [2.05, 4.69) is 11.3 Å². The second-order valence-corrected chi connectivity index (χ2v) is 7.63. The van der Waals surface area contributed by atoms with Gasteiger partial charge in [0.25, 0.3) is 5.69 Å². The summed E-state index contributed by atoms with van der Waals surface area (Å²) in [6.07, 6.45) is 3.15. The number of rotatable bonds is 3. The molecule has 2 aromatic rings. The van der Waals surface area contributed by atoms with Gasteiger partial charge in [0.15, 0.2) is 0 Å². The van der Waals surface area contributed by atoms with Gasteiger partial charge in [-0.25, -0.2) is 0 Å². The van der Waals surface area contributed by atoms with Gasteiger partial charge in [-0.1, -0.05) is 0 Å². The number of alkyl halides is 1. The van der Waals surface area contributed by atoms with Crippen molar-refractivity contribution < 1.29 is 4.92 Å². The molecule has 22 heavy (non-hydrogen) atoms. The highest BCUT2D eigenvalue weighted by atomic mass is 35.5. The molecule has 1 saturated carbocycles. The molecular weight excluding hydrogens is 322 g/mol. The van der Waals surface area contributed by atoms with E-state index in [9.17, 15) is 10.1 Å². The molecular formula is C15H14ClN3O2S. The Balaban J connectivity index is 1.58.